The minimum Gasteiger partial charge on any atom is -0.399 e. The van der Waals surface area contributed by atoms with Crippen LogP contribution in [0.25, 0.3) is 6.08 Å². The van der Waals surface area contributed by atoms with Gasteiger partial charge >= 0.3 is 0 Å². The molecular formula is C9H12N3. The summed E-state index contributed by atoms with van der Waals surface area (Å²) in [6.45, 7) is 3.56. The van der Waals surface area contributed by atoms with Gasteiger partial charge < -0.3 is 17.2 Å². The van der Waals surface area contributed by atoms with Gasteiger partial charge in [0.2, 0.25) is 0 Å². The molecule has 0 spiro atoms. The van der Waals surface area contributed by atoms with Gasteiger partial charge in [-0.1, -0.05) is 12.2 Å². The van der Waals surface area contributed by atoms with Crippen LogP contribution in [-0.2, 0) is 0 Å². The third-order valence-electron chi connectivity index (χ3n) is 1.55. The molecule has 1 aromatic rings. The zero-order valence-corrected chi connectivity index (χ0v) is 6.75. The van der Waals surface area contributed by atoms with Gasteiger partial charge in [-0.15, -0.1) is 0 Å². The molecule has 0 saturated heterocycles. The fourth-order valence-corrected chi connectivity index (χ4v) is 1.03. The SMILES string of the molecule is [CH2]C=Cc1c(N)cc(N)cc1N. The fraction of sp³-hybridized carbons (Fsp3) is 0. The second-order valence-electron chi connectivity index (χ2n) is 2.52. The number of hydrogen-bond acceptors (Lipinski definition) is 3. The highest BCUT2D eigenvalue weighted by molar-refractivity contribution is 5.79. The number of anilines is 3. The second kappa shape index (κ2) is 3.17. The van der Waals surface area contributed by atoms with Crippen molar-refractivity contribution in [3.05, 3.63) is 30.7 Å². The largest absolute Gasteiger partial charge is 0.399 e. The van der Waals surface area contributed by atoms with E-state index >= 15 is 0 Å². The lowest BCUT2D eigenvalue weighted by Gasteiger charge is -2.05. The molecule has 6 N–H and O–H groups in total. The summed E-state index contributed by atoms with van der Waals surface area (Å²) >= 11 is 0. The molecule has 1 rings (SSSR count). The van der Waals surface area contributed by atoms with Gasteiger partial charge in [0.05, 0.1) is 0 Å². The van der Waals surface area contributed by atoms with Gasteiger partial charge in [-0.2, -0.15) is 0 Å². The summed E-state index contributed by atoms with van der Waals surface area (Å²) in [4.78, 5) is 0. The van der Waals surface area contributed by atoms with E-state index in [1.165, 1.54) is 0 Å². The van der Waals surface area contributed by atoms with Crippen molar-refractivity contribution in [3.63, 3.8) is 0 Å². The Morgan fingerprint density at radius 1 is 1.08 bits per heavy atom. The van der Waals surface area contributed by atoms with E-state index in [0.717, 1.165) is 5.56 Å². The van der Waals surface area contributed by atoms with Crippen molar-refractivity contribution in [1.82, 2.24) is 0 Å². The van der Waals surface area contributed by atoms with Crippen molar-refractivity contribution in [1.29, 1.82) is 0 Å². The Bertz CT molecular complexity index is 293. The van der Waals surface area contributed by atoms with Crippen molar-refractivity contribution in [2.75, 3.05) is 17.2 Å². The van der Waals surface area contributed by atoms with Crippen molar-refractivity contribution in [2.24, 2.45) is 0 Å². The lowest BCUT2D eigenvalue weighted by Crippen LogP contribution is -1.98. The summed E-state index contributed by atoms with van der Waals surface area (Å²) in [7, 11) is 0. The van der Waals surface area contributed by atoms with Gasteiger partial charge in [0.15, 0.2) is 0 Å². The van der Waals surface area contributed by atoms with Crippen molar-refractivity contribution in [3.8, 4) is 0 Å². The highest BCUT2D eigenvalue weighted by Gasteiger charge is 2.00. The normalized spacial score (nSPS) is 10.8. The number of hydrogen-bond donors (Lipinski definition) is 3. The lowest BCUT2D eigenvalue weighted by molar-refractivity contribution is 1.61. The van der Waals surface area contributed by atoms with Gasteiger partial charge in [0.25, 0.3) is 0 Å². The first-order valence-electron chi connectivity index (χ1n) is 3.55. The fourth-order valence-electron chi connectivity index (χ4n) is 1.03. The summed E-state index contributed by atoms with van der Waals surface area (Å²) < 4.78 is 0. The molecule has 0 atom stereocenters. The van der Waals surface area contributed by atoms with Crippen LogP contribution < -0.4 is 17.2 Å². The van der Waals surface area contributed by atoms with Crippen LogP contribution in [-0.4, -0.2) is 0 Å². The van der Waals surface area contributed by atoms with Crippen LogP contribution in [0.1, 0.15) is 5.56 Å². The maximum Gasteiger partial charge on any atom is 0.0429 e. The summed E-state index contributed by atoms with van der Waals surface area (Å²) in [5.41, 5.74) is 19.4. The van der Waals surface area contributed by atoms with Gasteiger partial charge in [-0.25, -0.2) is 0 Å². The molecule has 0 fully saturated rings. The van der Waals surface area contributed by atoms with E-state index in [9.17, 15) is 0 Å². The molecule has 0 aliphatic carbocycles. The van der Waals surface area contributed by atoms with Crippen molar-refractivity contribution >= 4 is 23.1 Å². The van der Waals surface area contributed by atoms with Gasteiger partial charge in [0, 0.05) is 22.6 Å². The van der Waals surface area contributed by atoms with Gasteiger partial charge in [-0.3, -0.25) is 0 Å². The van der Waals surface area contributed by atoms with Crippen LogP contribution >= 0.6 is 0 Å². The average molecular weight is 162 g/mol. The summed E-state index contributed by atoms with van der Waals surface area (Å²) in [6, 6.07) is 3.34. The first kappa shape index (κ1) is 8.46. The molecule has 0 heterocycles. The van der Waals surface area contributed by atoms with Gasteiger partial charge in [0.1, 0.15) is 0 Å². The summed E-state index contributed by atoms with van der Waals surface area (Å²) in [5, 5.41) is 0. The van der Waals surface area contributed by atoms with E-state index < -0.39 is 0 Å². The molecule has 1 radical (unpaired) electrons. The summed E-state index contributed by atoms with van der Waals surface area (Å²) in [5.74, 6) is 0. The Labute approximate surface area is 71.9 Å². The molecule has 0 amide bonds. The van der Waals surface area contributed by atoms with E-state index in [0.29, 0.717) is 17.1 Å². The molecule has 63 valence electrons. The number of rotatable bonds is 1. The van der Waals surface area contributed by atoms with Crippen molar-refractivity contribution < 1.29 is 0 Å². The van der Waals surface area contributed by atoms with Crippen LogP contribution in [0.3, 0.4) is 0 Å². The average Bonchev–Trinajstić information content (AvgIpc) is 1.96. The Hall–Kier alpha value is -1.64. The molecule has 0 aliphatic rings. The van der Waals surface area contributed by atoms with E-state index in [1.807, 2.05) is 0 Å². The molecule has 12 heavy (non-hydrogen) atoms. The maximum atomic E-state index is 5.67. The Morgan fingerprint density at radius 3 is 2.00 bits per heavy atom. The minimum absolute atomic E-state index is 0.575. The van der Waals surface area contributed by atoms with Crippen LogP contribution in [0.15, 0.2) is 18.2 Å². The molecule has 1 aromatic carbocycles. The lowest BCUT2D eigenvalue weighted by atomic mass is 10.1. The third kappa shape index (κ3) is 1.50. The number of benzene rings is 1. The number of allylic oxidation sites excluding steroid dienone is 1. The number of nitrogens with two attached hydrogens (primary N) is 3. The molecule has 3 heteroatoms. The third-order valence-corrected chi connectivity index (χ3v) is 1.55. The van der Waals surface area contributed by atoms with E-state index in [2.05, 4.69) is 6.92 Å². The molecule has 0 aliphatic heterocycles. The van der Waals surface area contributed by atoms with Crippen LogP contribution in [0.5, 0.6) is 0 Å². The predicted octanol–water partition coefficient (Wildman–Crippen LogP) is 1.28. The Kier molecular flexibility index (Phi) is 2.24. The monoisotopic (exact) mass is 162 g/mol. The maximum absolute atomic E-state index is 5.67. The quantitative estimate of drug-likeness (QED) is 0.544. The Balaban J connectivity index is 3.28. The van der Waals surface area contributed by atoms with E-state index in [1.54, 1.807) is 24.3 Å². The first-order chi connectivity index (χ1) is 5.65. The molecule has 0 saturated carbocycles. The Morgan fingerprint density at radius 2 is 1.58 bits per heavy atom. The second-order valence-corrected chi connectivity index (χ2v) is 2.52. The molecule has 3 nitrogen and oxygen atoms in total. The zero-order chi connectivity index (χ0) is 9.14. The molecule has 0 aromatic heterocycles. The molecular weight excluding hydrogens is 150 g/mol. The van der Waals surface area contributed by atoms with Crippen molar-refractivity contribution in [2.45, 2.75) is 0 Å². The van der Waals surface area contributed by atoms with Crippen LogP contribution in [0, 0.1) is 6.92 Å². The molecule has 0 bridgehead atoms. The zero-order valence-electron chi connectivity index (χ0n) is 6.75. The van der Waals surface area contributed by atoms with E-state index in [-0.39, 0.29) is 0 Å². The smallest absolute Gasteiger partial charge is 0.0429 e. The summed E-state index contributed by atoms with van der Waals surface area (Å²) in [6.07, 6.45) is 3.39. The number of nitrogen functional groups attached to an aromatic ring is 3. The predicted molar refractivity (Wildman–Crippen MR) is 54.1 cm³/mol. The highest BCUT2D eigenvalue weighted by atomic mass is 14.7. The minimum atomic E-state index is 0.575. The van der Waals surface area contributed by atoms with Gasteiger partial charge in [-0.05, 0) is 19.1 Å². The first-order valence-corrected chi connectivity index (χ1v) is 3.55. The molecule has 0 unspecified atom stereocenters. The topological polar surface area (TPSA) is 78.1 Å². The van der Waals surface area contributed by atoms with Crippen LogP contribution in [0.4, 0.5) is 17.1 Å². The van der Waals surface area contributed by atoms with Crippen LogP contribution in [0.2, 0.25) is 0 Å². The van der Waals surface area contributed by atoms with E-state index in [4.69, 9.17) is 17.2 Å². The standard InChI is InChI=1S/C9H12N3/c1-2-3-7-8(11)4-6(10)5-9(7)12/h2-5H,1,10-12H2. The highest BCUT2D eigenvalue weighted by Crippen LogP contribution is 2.24.